The second-order valence-electron chi connectivity index (χ2n) is 3.81. The van der Waals surface area contributed by atoms with Crippen LogP contribution in [0.4, 0.5) is 0 Å². The molecule has 5 heteroatoms. The highest BCUT2D eigenvalue weighted by atomic mass is 16.2. The van der Waals surface area contributed by atoms with E-state index in [1.807, 2.05) is 19.0 Å². The van der Waals surface area contributed by atoms with Crippen molar-refractivity contribution in [3.8, 4) is 0 Å². The number of nitrogens with zero attached hydrogens (tertiary/aromatic N) is 1. The third-order valence-electron chi connectivity index (χ3n) is 2.22. The first-order valence-electron chi connectivity index (χ1n) is 5.06. The molecule has 0 spiro atoms. The Kier molecular flexibility index (Phi) is 4.86. The van der Waals surface area contributed by atoms with Gasteiger partial charge in [-0.25, -0.2) is 0 Å². The maximum absolute atomic E-state index is 11.5. The van der Waals surface area contributed by atoms with Crippen LogP contribution in [0, 0.1) is 0 Å². The quantitative estimate of drug-likeness (QED) is 0.502. The smallest absolute Gasteiger partial charge is 0.238 e. The Bertz CT molecular complexity index is 178. The lowest BCUT2D eigenvalue weighted by Gasteiger charge is -2.23. The van der Waals surface area contributed by atoms with E-state index in [9.17, 15) is 4.79 Å². The maximum Gasteiger partial charge on any atom is 0.238 e. The molecule has 1 fully saturated rings. The van der Waals surface area contributed by atoms with Crippen LogP contribution in [0.3, 0.4) is 0 Å². The second kappa shape index (κ2) is 5.95. The fraction of sp³-hybridized carbons (Fsp3) is 0.889. The maximum atomic E-state index is 11.5. The van der Waals surface area contributed by atoms with Gasteiger partial charge >= 0.3 is 0 Å². The highest BCUT2D eigenvalue weighted by Gasteiger charge is 2.19. The Morgan fingerprint density at radius 2 is 2.29 bits per heavy atom. The number of rotatable bonds is 4. The average Bonchev–Trinajstić information content (AvgIpc) is 2.18. The molecule has 0 radical (unpaired) electrons. The summed E-state index contributed by atoms with van der Waals surface area (Å²) in [4.78, 5) is 13.6. The van der Waals surface area contributed by atoms with Crippen molar-refractivity contribution in [2.24, 2.45) is 0 Å². The first kappa shape index (κ1) is 11.4. The Morgan fingerprint density at radius 3 is 2.86 bits per heavy atom. The molecule has 1 atom stereocenters. The van der Waals surface area contributed by atoms with Crippen molar-refractivity contribution in [1.29, 1.82) is 0 Å². The van der Waals surface area contributed by atoms with Crippen LogP contribution >= 0.6 is 0 Å². The van der Waals surface area contributed by atoms with E-state index in [-0.39, 0.29) is 11.9 Å². The first-order valence-corrected chi connectivity index (χ1v) is 5.06. The van der Waals surface area contributed by atoms with Crippen LogP contribution in [0.15, 0.2) is 0 Å². The van der Waals surface area contributed by atoms with Crippen molar-refractivity contribution < 1.29 is 4.79 Å². The van der Waals surface area contributed by atoms with Gasteiger partial charge in [0.05, 0.1) is 6.04 Å². The number of carbonyl (C=O) groups excluding carboxylic acids is 1. The number of nitrogens with one attached hydrogen (secondary N) is 3. The van der Waals surface area contributed by atoms with Gasteiger partial charge in [0.25, 0.3) is 0 Å². The Morgan fingerprint density at radius 1 is 1.50 bits per heavy atom. The predicted octanol–water partition coefficient (Wildman–Crippen LogP) is -1.77. The average molecular weight is 200 g/mol. The van der Waals surface area contributed by atoms with E-state index < -0.39 is 0 Å². The van der Waals surface area contributed by atoms with Crippen LogP contribution in [0.25, 0.3) is 0 Å². The van der Waals surface area contributed by atoms with E-state index in [0.717, 1.165) is 26.2 Å². The summed E-state index contributed by atoms with van der Waals surface area (Å²) >= 11 is 0. The molecule has 0 aromatic carbocycles. The van der Waals surface area contributed by atoms with Gasteiger partial charge < -0.3 is 20.9 Å². The number of piperazine rings is 1. The van der Waals surface area contributed by atoms with Gasteiger partial charge in [-0.2, -0.15) is 0 Å². The van der Waals surface area contributed by atoms with Gasteiger partial charge in [-0.1, -0.05) is 0 Å². The normalized spacial score (nSPS) is 22.4. The van der Waals surface area contributed by atoms with Gasteiger partial charge in [-0.05, 0) is 14.1 Å². The van der Waals surface area contributed by atoms with Crippen molar-refractivity contribution in [3.63, 3.8) is 0 Å². The molecule has 1 amide bonds. The molecule has 1 unspecified atom stereocenters. The van der Waals surface area contributed by atoms with Gasteiger partial charge in [-0.3, -0.25) is 4.79 Å². The van der Waals surface area contributed by atoms with Crippen molar-refractivity contribution in [1.82, 2.24) is 20.9 Å². The number of hydrogen-bond donors (Lipinski definition) is 3. The van der Waals surface area contributed by atoms with E-state index in [4.69, 9.17) is 0 Å². The molecule has 0 saturated carbocycles. The SMILES string of the molecule is CN(C)CCNC(=O)C1CNCCN1. The van der Waals surface area contributed by atoms with Crippen molar-refractivity contribution in [2.75, 3.05) is 46.8 Å². The molecule has 0 aliphatic carbocycles. The zero-order valence-electron chi connectivity index (χ0n) is 8.97. The Labute approximate surface area is 85.2 Å². The molecule has 0 aromatic heterocycles. The van der Waals surface area contributed by atoms with Gasteiger partial charge in [0.1, 0.15) is 0 Å². The van der Waals surface area contributed by atoms with Crippen molar-refractivity contribution in [3.05, 3.63) is 0 Å². The van der Waals surface area contributed by atoms with Crippen LogP contribution < -0.4 is 16.0 Å². The minimum atomic E-state index is -0.0640. The van der Waals surface area contributed by atoms with E-state index in [2.05, 4.69) is 16.0 Å². The first-order chi connectivity index (χ1) is 6.70. The predicted molar refractivity (Wildman–Crippen MR) is 56.2 cm³/mol. The molecule has 1 heterocycles. The van der Waals surface area contributed by atoms with Crippen molar-refractivity contribution in [2.45, 2.75) is 6.04 Å². The summed E-state index contributed by atoms with van der Waals surface area (Å²) in [5.74, 6) is 0.0963. The summed E-state index contributed by atoms with van der Waals surface area (Å²) in [5, 5.41) is 9.25. The minimum absolute atomic E-state index is 0.0640. The van der Waals surface area contributed by atoms with Gasteiger partial charge in [-0.15, -0.1) is 0 Å². The molecule has 5 nitrogen and oxygen atoms in total. The summed E-state index contributed by atoms with van der Waals surface area (Å²) in [6.07, 6.45) is 0. The van der Waals surface area contributed by atoms with Crippen LogP contribution in [-0.4, -0.2) is 63.7 Å². The molecule has 1 aliphatic heterocycles. The Hall–Kier alpha value is -0.650. The highest BCUT2D eigenvalue weighted by Crippen LogP contribution is 1.86. The van der Waals surface area contributed by atoms with Crippen molar-refractivity contribution >= 4 is 5.91 Å². The molecule has 3 N–H and O–H groups in total. The third-order valence-corrected chi connectivity index (χ3v) is 2.22. The molecular weight excluding hydrogens is 180 g/mol. The Balaban J connectivity index is 2.13. The molecule has 1 aliphatic rings. The number of amides is 1. The van der Waals surface area contributed by atoms with Crippen LogP contribution in [0.5, 0.6) is 0 Å². The van der Waals surface area contributed by atoms with E-state index in [1.54, 1.807) is 0 Å². The highest BCUT2D eigenvalue weighted by molar-refractivity contribution is 5.82. The van der Waals surface area contributed by atoms with E-state index in [1.165, 1.54) is 0 Å². The minimum Gasteiger partial charge on any atom is -0.353 e. The fourth-order valence-electron chi connectivity index (χ4n) is 1.36. The lowest BCUT2D eigenvalue weighted by atomic mass is 10.2. The van der Waals surface area contributed by atoms with Crippen LogP contribution in [0.1, 0.15) is 0 Å². The molecule has 1 saturated heterocycles. The lowest BCUT2D eigenvalue weighted by Crippen LogP contribution is -2.56. The zero-order chi connectivity index (χ0) is 10.4. The number of likely N-dealkylation sites (N-methyl/N-ethyl adjacent to an activating group) is 1. The van der Waals surface area contributed by atoms with Gasteiger partial charge in [0.2, 0.25) is 5.91 Å². The molecule has 0 bridgehead atoms. The molecule has 14 heavy (non-hydrogen) atoms. The summed E-state index contributed by atoms with van der Waals surface area (Å²) in [6, 6.07) is -0.0640. The number of hydrogen-bond acceptors (Lipinski definition) is 4. The zero-order valence-corrected chi connectivity index (χ0v) is 8.97. The lowest BCUT2D eigenvalue weighted by molar-refractivity contribution is -0.123. The van der Waals surface area contributed by atoms with E-state index in [0.29, 0.717) is 6.54 Å². The summed E-state index contributed by atoms with van der Waals surface area (Å²) in [5.41, 5.74) is 0. The van der Waals surface area contributed by atoms with E-state index >= 15 is 0 Å². The summed E-state index contributed by atoms with van der Waals surface area (Å²) in [6.45, 7) is 4.14. The van der Waals surface area contributed by atoms with Gasteiger partial charge in [0.15, 0.2) is 0 Å². The largest absolute Gasteiger partial charge is 0.353 e. The van der Waals surface area contributed by atoms with Gasteiger partial charge in [0, 0.05) is 32.7 Å². The molecule has 0 aromatic rings. The number of carbonyl (C=O) groups is 1. The topological polar surface area (TPSA) is 56.4 Å². The molecular formula is C9H20N4O. The fourth-order valence-corrected chi connectivity index (χ4v) is 1.36. The molecule has 82 valence electrons. The second-order valence-corrected chi connectivity index (χ2v) is 3.81. The van der Waals surface area contributed by atoms with Crippen LogP contribution in [-0.2, 0) is 4.79 Å². The third kappa shape index (κ3) is 4.04. The molecule has 1 rings (SSSR count). The monoisotopic (exact) mass is 200 g/mol. The summed E-state index contributed by atoms with van der Waals surface area (Å²) in [7, 11) is 3.99. The standard InChI is InChI=1S/C9H20N4O/c1-13(2)6-5-12-9(14)8-7-10-3-4-11-8/h8,10-11H,3-7H2,1-2H3,(H,12,14). The summed E-state index contributed by atoms with van der Waals surface area (Å²) < 4.78 is 0. The van der Waals surface area contributed by atoms with Crippen LogP contribution in [0.2, 0.25) is 0 Å².